The van der Waals surface area contributed by atoms with E-state index in [0.29, 0.717) is 18.5 Å². The van der Waals surface area contributed by atoms with E-state index in [1.165, 1.54) is 4.90 Å². The third kappa shape index (κ3) is 2.34. The predicted molar refractivity (Wildman–Crippen MR) is 75.7 cm³/mol. The van der Waals surface area contributed by atoms with E-state index in [1.54, 1.807) is 24.5 Å². The largest absolute Gasteiger partial charge is 0.369 e. The van der Waals surface area contributed by atoms with Crippen LogP contribution < -0.4 is 5.73 Å². The van der Waals surface area contributed by atoms with Gasteiger partial charge in [-0.15, -0.1) is 0 Å². The molecule has 2 heterocycles. The number of nitrogens with two attached hydrogens (primary N) is 1. The number of pyridine rings is 1. The van der Waals surface area contributed by atoms with Crippen LogP contribution in [0.1, 0.15) is 18.2 Å². The predicted octanol–water partition coefficient (Wildman–Crippen LogP) is 0.559. The van der Waals surface area contributed by atoms with E-state index in [9.17, 15) is 14.7 Å². The monoisotopic (exact) mass is 285 g/mol. The first-order chi connectivity index (χ1) is 10.1. The van der Waals surface area contributed by atoms with Gasteiger partial charge in [-0.25, -0.2) is 0 Å². The molecular formula is C15H15N3O3. The Balaban J connectivity index is 1.88. The van der Waals surface area contributed by atoms with E-state index in [0.717, 1.165) is 10.8 Å². The lowest BCUT2D eigenvalue weighted by Crippen LogP contribution is -2.35. The molecule has 108 valence electrons. The van der Waals surface area contributed by atoms with Crippen molar-refractivity contribution in [1.29, 1.82) is 0 Å². The van der Waals surface area contributed by atoms with E-state index in [2.05, 4.69) is 4.98 Å². The molecule has 2 atom stereocenters. The maximum atomic E-state index is 12.1. The summed E-state index contributed by atoms with van der Waals surface area (Å²) in [5, 5.41) is 12.3. The molecular weight excluding hydrogens is 270 g/mol. The summed E-state index contributed by atoms with van der Waals surface area (Å²) >= 11 is 0. The van der Waals surface area contributed by atoms with Crippen LogP contribution in [0.25, 0.3) is 10.8 Å². The van der Waals surface area contributed by atoms with Gasteiger partial charge in [0, 0.05) is 29.9 Å². The van der Waals surface area contributed by atoms with Gasteiger partial charge in [0.25, 0.3) is 0 Å². The normalized spacial score (nSPS) is 20.0. The summed E-state index contributed by atoms with van der Waals surface area (Å²) in [6.07, 6.45) is 2.66. The molecule has 1 aliphatic heterocycles. The van der Waals surface area contributed by atoms with E-state index in [1.807, 2.05) is 12.1 Å². The van der Waals surface area contributed by atoms with Gasteiger partial charge < -0.3 is 15.7 Å². The second-order valence-corrected chi connectivity index (χ2v) is 5.13. The van der Waals surface area contributed by atoms with E-state index in [4.69, 9.17) is 5.73 Å². The summed E-state index contributed by atoms with van der Waals surface area (Å²) in [5.74, 6) is -1.89. The van der Waals surface area contributed by atoms with Crippen LogP contribution >= 0.6 is 0 Å². The molecule has 0 saturated carbocycles. The molecule has 0 spiro atoms. The number of fused-ring (bicyclic) bond motifs is 1. The molecule has 2 aromatic rings. The molecule has 6 nitrogen and oxygen atoms in total. The second kappa shape index (κ2) is 5.14. The van der Waals surface area contributed by atoms with Gasteiger partial charge in [0.15, 0.2) is 6.23 Å². The summed E-state index contributed by atoms with van der Waals surface area (Å²) in [6, 6.07) is 7.28. The molecule has 0 bridgehead atoms. The number of benzene rings is 1. The van der Waals surface area contributed by atoms with Gasteiger partial charge in [0.05, 0.1) is 0 Å². The molecule has 21 heavy (non-hydrogen) atoms. The summed E-state index contributed by atoms with van der Waals surface area (Å²) < 4.78 is 0. The first-order valence-electron chi connectivity index (χ1n) is 6.69. The van der Waals surface area contributed by atoms with Crippen molar-refractivity contribution < 1.29 is 14.7 Å². The third-order valence-corrected chi connectivity index (χ3v) is 3.84. The maximum Gasteiger partial charge on any atom is 0.237 e. The average Bonchev–Trinajstić information content (AvgIpc) is 2.88. The number of hydrogen-bond donors (Lipinski definition) is 2. The highest BCUT2D eigenvalue weighted by Gasteiger charge is 2.38. The first-order valence-corrected chi connectivity index (χ1v) is 6.69. The minimum Gasteiger partial charge on any atom is -0.369 e. The number of carbonyl (C=O) groups excluding carboxylic acids is 2. The summed E-state index contributed by atoms with van der Waals surface area (Å²) in [4.78, 5) is 28.6. The van der Waals surface area contributed by atoms with Crippen LogP contribution in [0, 0.1) is 5.92 Å². The van der Waals surface area contributed by atoms with Crippen LogP contribution in [0.5, 0.6) is 0 Å². The molecule has 1 aromatic heterocycles. The SMILES string of the molecule is NC(=O)[C@@H]1CCN([C@H](O)c2ccc3ccncc3c2)C1=O. The lowest BCUT2D eigenvalue weighted by Gasteiger charge is -2.23. The van der Waals surface area contributed by atoms with Crippen molar-refractivity contribution in [3.05, 3.63) is 42.2 Å². The number of nitrogens with zero attached hydrogens (tertiary/aromatic N) is 2. The quantitative estimate of drug-likeness (QED) is 0.805. The molecule has 1 aromatic carbocycles. The number of hydrogen-bond acceptors (Lipinski definition) is 4. The smallest absolute Gasteiger partial charge is 0.237 e. The fraction of sp³-hybridized carbons (Fsp3) is 0.267. The number of aliphatic hydroxyl groups is 1. The van der Waals surface area contributed by atoms with Gasteiger partial charge in [0.1, 0.15) is 5.92 Å². The Labute approximate surface area is 121 Å². The Morgan fingerprint density at radius 3 is 2.90 bits per heavy atom. The molecule has 3 rings (SSSR count). The average molecular weight is 285 g/mol. The lowest BCUT2D eigenvalue weighted by atomic mass is 10.1. The van der Waals surface area contributed by atoms with Crippen molar-refractivity contribution in [2.24, 2.45) is 11.7 Å². The summed E-state index contributed by atoms with van der Waals surface area (Å²) in [7, 11) is 0. The Kier molecular flexibility index (Phi) is 3.31. The van der Waals surface area contributed by atoms with Gasteiger partial charge in [-0.1, -0.05) is 12.1 Å². The number of rotatable bonds is 3. The fourth-order valence-electron chi connectivity index (χ4n) is 2.65. The van der Waals surface area contributed by atoms with E-state index < -0.39 is 24.0 Å². The molecule has 1 saturated heterocycles. The minimum absolute atomic E-state index is 0.318. The van der Waals surface area contributed by atoms with Crippen LogP contribution in [-0.4, -0.2) is 33.3 Å². The zero-order chi connectivity index (χ0) is 15.0. The number of likely N-dealkylation sites (tertiary alicyclic amines) is 1. The van der Waals surface area contributed by atoms with E-state index in [-0.39, 0.29) is 0 Å². The van der Waals surface area contributed by atoms with E-state index >= 15 is 0 Å². The zero-order valence-electron chi connectivity index (χ0n) is 11.3. The van der Waals surface area contributed by atoms with Gasteiger partial charge >= 0.3 is 0 Å². The maximum absolute atomic E-state index is 12.1. The number of aliphatic hydroxyl groups excluding tert-OH is 1. The topological polar surface area (TPSA) is 96.5 Å². The van der Waals surface area contributed by atoms with Crippen LogP contribution in [0.15, 0.2) is 36.7 Å². The van der Waals surface area contributed by atoms with Crippen molar-refractivity contribution in [2.75, 3.05) is 6.54 Å². The van der Waals surface area contributed by atoms with Crippen LogP contribution in [-0.2, 0) is 9.59 Å². The number of primary amides is 1. The molecule has 2 amide bonds. The highest BCUT2D eigenvalue weighted by Crippen LogP contribution is 2.28. The molecule has 3 N–H and O–H groups in total. The lowest BCUT2D eigenvalue weighted by molar-refractivity contribution is -0.143. The highest BCUT2D eigenvalue weighted by atomic mass is 16.3. The molecule has 0 radical (unpaired) electrons. The zero-order valence-corrected chi connectivity index (χ0v) is 11.3. The second-order valence-electron chi connectivity index (χ2n) is 5.13. The van der Waals surface area contributed by atoms with Crippen LogP contribution in [0.2, 0.25) is 0 Å². The number of amides is 2. The van der Waals surface area contributed by atoms with Gasteiger partial charge in [-0.3, -0.25) is 14.6 Å². The Morgan fingerprint density at radius 1 is 1.38 bits per heavy atom. The molecule has 1 aliphatic rings. The fourth-order valence-corrected chi connectivity index (χ4v) is 2.65. The van der Waals surface area contributed by atoms with Crippen molar-refractivity contribution >= 4 is 22.6 Å². The van der Waals surface area contributed by atoms with Crippen molar-refractivity contribution in [1.82, 2.24) is 9.88 Å². The molecule has 0 unspecified atom stereocenters. The standard InChI is InChI=1S/C15H15N3O3/c16-13(19)12-4-6-18(15(12)21)14(20)10-2-1-9-3-5-17-8-11(9)7-10/h1-3,5,7-8,12,14,20H,4,6H2,(H2,16,19)/t12-,14+/m0/s1. The van der Waals surface area contributed by atoms with Gasteiger partial charge in [0.2, 0.25) is 11.8 Å². The summed E-state index contributed by atoms with van der Waals surface area (Å²) in [5.41, 5.74) is 5.78. The molecule has 0 aliphatic carbocycles. The van der Waals surface area contributed by atoms with Crippen molar-refractivity contribution in [3.8, 4) is 0 Å². The number of carbonyl (C=O) groups is 2. The van der Waals surface area contributed by atoms with Gasteiger partial charge in [-0.2, -0.15) is 0 Å². The van der Waals surface area contributed by atoms with Crippen LogP contribution in [0.3, 0.4) is 0 Å². The summed E-state index contributed by atoms with van der Waals surface area (Å²) in [6.45, 7) is 0.318. The molecule has 6 heteroatoms. The van der Waals surface area contributed by atoms with Crippen LogP contribution in [0.4, 0.5) is 0 Å². The number of aromatic nitrogens is 1. The van der Waals surface area contributed by atoms with Crippen molar-refractivity contribution in [3.63, 3.8) is 0 Å². The first kappa shape index (κ1) is 13.5. The Hall–Kier alpha value is -2.47. The van der Waals surface area contributed by atoms with Crippen molar-refractivity contribution in [2.45, 2.75) is 12.6 Å². The molecule has 1 fully saturated rings. The van der Waals surface area contributed by atoms with Gasteiger partial charge in [-0.05, 0) is 23.9 Å². The highest BCUT2D eigenvalue weighted by molar-refractivity contribution is 6.01. The Bertz CT molecular complexity index is 716. The minimum atomic E-state index is -1.08. The third-order valence-electron chi connectivity index (χ3n) is 3.84. The Morgan fingerprint density at radius 2 is 2.19 bits per heavy atom.